The van der Waals surface area contributed by atoms with Gasteiger partial charge in [-0.3, -0.25) is 0 Å². The first-order valence-corrected chi connectivity index (χ1v) is 8.42. The second-order valence-corrected chi connectivity index (χ2v) is 6.76. The Bertz CT molecular complexity index is 296. The number of likely N-dealkylation sites (tertiary alicyclic amines) is 1. The molecule has 1 unspecified atom stereocenters. The molecule has 1 aliphatic carbocycles. The summed E-state index contributed by atoms with van der Waals surface area (Å²) < 4.78 is 12.0. The zero-order valence-electron chi connectivity index (χ0n) is 12.6. The van der Waals surface area contributed by atoms with E-state index < -0.39 is 0 Å². The molecule has 1 saturated carbocycles. The van der Waals surface area contributed by atoms with Crippen molar-refractivity contribution in [3.05, 3.63) is 0 Å². The van der Waals surface area contributed by atoms with Gasteiger partial charge in [0.05, 0.1) is 31.0 Å². The molecular weight excluding hydrogens is 254 g/mol. The zero-order valence-corrected chi connectivity index (χ0v) is 12.6. The number of nitrogens with zero attached hydrogens (tertiary/aromatic N) is 1. The average molecular weight is 283 g/mol. The van der Waals surface area contributed by atoms with E-state index in [1.807, 2.05) is 0 Å². The molecule has 2 heterocycles. The van der Waals surface area contributed by atoms with Gasteiger partial charge in [-0.1, -0.05) is 12.8 Å². The molecule has 3 aliphatic rings. The smallest absolute Gasteiger partial charge is 0.0710 e. The second-order valence-electron chi connectivity index (χ2n) is 6.76. The zero-order chi connectivity index (χ0) is 13.8. The molecule has 4 nitrogen and oxygen atoms in total. The maximum absolute atomic E-state index is 8.79. The van der Waals surface area contributed by atoms with Gasteiger partial charge in [0.2, 0.25) is 0 Å². The number of aliphatic hydroxyl groups is 1. The third-order valence-corrected chi connectivity index (χ3v) is 5.29. The molecule has 4 heteroatoms. The molecule has 3 rings (SSSR count). The summed E-state index contributed by atoms with van der Waals surface area (Å²) in [5.74, 6) is 0. The monoisotopic (exact) mass is 283 g/mol. The molecule has 1 N–H and O–H groups in total. The molecule has 2 saturated heterocycles. The highest BCUT2D eigenvalue weighted by Gasteiger charge is 2.42. The van der Waals surface area contributed by atoms with Crippen LogP contribution in [0.15, 0.2) is 0 Å². The van der Waals surface area contributed by atoms with Gasteiger partial charge in [0.1, 0.15) is 0 Å². The highest BCUT2D eigenvalue weighted by atomic mass is 16.5. The highest BCUT2D eigenvalue weighted by molar-refractivity contribution is 4.93. The fourth-order valence-corrected chi connectivity index (χ4v) is 4.18. The van der Waals surface area contributed by atoms with Crippen LogP contribution in [0.25, 0.3) is 0 Å². The van der Waals surface area contributed by atoms with Crippen molar-refractivity contribution in [3.63, 3.8) is 0 Å². The predicted molar refractivity (Wildman–Crippen MR) is 77.8 cm³/mol. The Morgan fingerprint density at radius 1 is 1.10 bits per heavy atom. The Morgan fingerprint density at radius 3 is 2.55 bits per heavy atom. The molecule has 116 valence electrons. The van der Waals surface area contributed by atoms with Crippen LogP contribution in [0, 0.1) is 0 Å². The number of ether oxygens (including phenoxy) is 2. The molecule has 0 aromatic carbocycles. The van der Waals surface area contributed by atoms with E-state index in [9.17, 15) is 0 Å². The third kappa shape index (κ3) is 3.53. The fraction of sp³-hybridized carbons (Fsp3) is 1.00. The SMILES string of the molecule is OCCOC1CCN(CC2CCC3(CCCC3)O2)CC1. The number of aliphatic hydroxyl groups excluding tert-OH is 1. The van der Waals surface area contributed by atoms with Crippen LogP contribution < -0.4 is 0 Å². The molecule has 1 atom stereocenters. The minimum Gasteiger partial charge on any atom is -0.394 e. The molecule has 1 spiro atoms. The third-order valence-electron chi connectivity index (χ3n) is 5.29. The van der Waals surface area contributed by atoms with E-state index in [-0.39, 0.29) is 12.2 Å². The summed E-state index contributed by atoms with van der Waals surface area (Å²) >= 11 is 0. The Balaban J connectivity index is 1.37. The van der Waals surface area contributed by atoms with Crippen molar-refractivity contribution in [1.82, 2.24) is 4.90 Å². The molecular formula is C16H29NO3. The predicted octanol–water partition coefficient (Wildman–Crippen LogP) is 1.95. The number of hydrogen-bond donors (Lipinski definition) is 1. The Labute approximate surface area is 122 Å². The van der Waals surface area contributed by atoms with E-state index in [1.165, 1.54) is 38.5 Å². The summed E-state index contributed by atoms with van der Waals surface area (Å²) in [5.41, 5.74) is 0.271. The second kappa shape index (κ2) is 6.73. The van der Waals surface area contributed by atoms with Crippen molar-refractivity contribution in [2.75, 3.05) is 32.8 Å². The molecule has 0 aromatic heterocycles. The van der Waals surface area contributed by atoms with Crippen molar-refractivity contribution in [2.24, 2.45) is 0 Å². The van der Waals surface area contributed by atoms with Crippen LogP contribution in [0.2, 0.25) is 0 Å². The van der Waals surface area contributed by atoms with Gasteiger partial charge < -0.3 is 19.5 Å². The quantitative estimate of drug-likeness (QED) is 0.837. The van der Waals surface area contributed by atoms with Crippen molar-refractivity contribution < 1.29 is 14.6 Å². The molecule has 3 fully saturated rings. The van der Waals surface area contributed by atoms with Crippen LogP contribution >= 0.6 is 0 Å². The van der Waals surface area contributed by atoms with Crippen LogP contribution in [0.3, 0.4) is 0 Å². The van der Waals surface area contributed by atoms with Gasteiger partial charge in [0, 0.05) is 19.6 Å². The van der Waals surface area contributed by atoms with Gasteiger partial charge in [0.25, 0.3) is 0 Å². The largest absolute Gasteiger partial charge is 0.394 e. The van der Waals surface area contributed by atoms with Crippen LogP contribution in [0.5, 0.6) is 0 Å². The van der Waals surface area contributed by atoms with Gasteiger partial charge in [-0.15, -0.1) is 0 Å². The molecule has 2 aliphatic heterocycles. The molecule has 20 heavy (non-hydrogen) atoms. The minimum atomic E-state index is 0.137. The lowest BCUT2D eigenvalue weighted by Crippen LogP contribution is -2.41. The lowest BCUT2D eigenvalue weighted by molar-refractivity contribution is -0.0575. The molecule has 0 radical (unpaired) electrons. The van der Waals surface area contributed by atoms with Gasteiger partial charge in [-0.2, -0.15) is 0 Å². The van der Waals surface area contributed by atoms with Gasteiger partial charge in [0.15, 0.2) is 0 Å². The van der Waals surface area contributed by atoms with Crippen molar-refractivity contribution in [2.45, 2.75) is 69.2 Å². The Hall–Kier alpha value is -0.160. The van der Waals surface area contributed by atoms with Crippen molar-refractivity contribution in [1.29, 1.82) is 0 Å². The first-order valence-electron chi connectivity index (χ1n) is 8.42. The van der Waals surface area contributed by atoms with E-state index in [0.717, 1.165) is 32.5 Å². The number of hydrogen-bond acceptors (Lipinski definition) is 4. The maximum atomic E-state index is 8.79. The minimum absolute atomic E-state index is 0.137. The Kier molecular flexibility index (Phi) is 4.97. The van der Waals surface area contributed by atoms with E-state index in [1.54, 1.807) is 0 Å². The first kappa shape index (κ1) is 14.8. The van der Waals surface area contributed by atoms with E-state index in [4.69, 9.17) is 14.6 Å². The summed E-state index contributed by atoms with van der Waals surface area (Å²) in [6.07, 6.45) is 10.8. The number of rotatable bonds is 5. The highest BCUT2D eigenvalue weighted by Crippen LogP contribution is 2.43. The van der Waals surface area contributed by atoms with Crippen molar-refractivity contribution in [3.8, 4) is 0 Å². The summed E-state index contributed by atoms with van der Waals surface area (Å²) in [4.78, 5) is 2.54. The average Bonchev–Trinajstić information content (AvgIpc) is 3.09. The van der Waals surface area contributed by atoms with Crippen LogP contribution in [0.4, 0.5) is 0 Å². The molecule has 0 aromatic rings. The molecule has 0 bridgehead atoms. The lowest BCUT2D eigenvalue weighted by Gasteiger charge is -2.34. The summed E-state index contributed by atoms with van der Waals surface area (Å²) in [5, 5.41) is 8.79. The topological polar surface area (TPSA) is 41.9 Å². The van der Waals surface area contributed by atoms with E-state index in [2.05, 4.69) is 4.90 Å². The van der Waals surface area contributed by atoms with Crippen LogP contribution in [-0.2, 0) is 9.47 Å². The maximum Gasteiger partial charge on any atom is 0.0710 e. The summed E-state index contributed by atoms with van der Waals surface area (Å²) in [6, 6.07) is 0. The van der Waals surface area contributed by atoms with Crippen molar-refractivity contribution >= 4 is 0 Å². The lowest BCUT2D eigenvalue weighted by atomic mass is 9.98. The Morgan fingerprint density at radius 2 is 1.85 bits per heavy atom. The van der Waals surface area contributed by atoms with Gasteiger partial charge in [-0.25, -0.2) is 0 Å². The van der Waals surface area contributed by atoms with E-state index in [0.29, 0.717) is 18.8 Å². The van der Waals surface area contributed by atoms with Crippen LogP contribution in [0.1, 0.15) is 51.4 Å². The standard InChI is InChI=1S/C16H29NO3/c18-11-12-19-14-4-9-17(10-5-14)13-15-3-8-16(20-15)6-1-2-7-16/h14-15,18H,1-13H2. The summed E-state index contributed by atoms with van der Waals surface area (Å²) in [7, 11) is 0. The fourth-order valence-electron chi connectivity index (χ4n) is 4.18. The molecule has 0 amide bonds. The summed E-state index contributed by atoms with van der Waals surface area (Å²) in [6.45, 7) is 3.96. The number of piperidine rings is 1. The van der Waals surface area contributed by atoms with Gasteiger partial charge >= 0.3 is 0 Å². The van der Waals surface area contributed by atoms with Gasteiger partial charge in [-0.05, 0) is 38.5 Å². The van der Waals surface area contributed by atoms with E-state index >= 15 is 0 Å². The first-order chi connectivity index (χ1) is 9.80. The van der Waals surface area contributed by atoms with Crippen LogP contribution in [-0.4, -0.2) is 60.7 Å². The normalized spacial score (nSPS) is 31.4.